The molecule has 0 unspecified atom stereocenters. The van der Waals surface area contributed by atoms with Gasteiger partial charge < -0.3 is 14.8 Å². The van der Waals surface area contributed by atoms with Crippen molar-refractivity contribution in [2.75, 3.05) is 12.4 Å². The first-order valence-electron chi connectivity index (χ1n) is 10.1. The van der Waals surface area contributed by atoms with Crippen molar-refractivity contribution in [3.05, 3.63) is 101 Å². The van der Waals surface area contributed by atoms with Gasteiger partial charge in [0.2, 0.25) is 5.91 Å². The van der Waals surface area contributed by atoms with E-state index in [1.165, 1.54) is 31.4 Å². The van der Waals surface area contributed by atoms with Crippen molar-refractivity contribution in [2.45, 2.75) is 6.54 Å². The van der Waals surface area contributed by atoms with Crippen molar-refractivity contribution < 1.29 is 18.7 Å². The fourth-order valence-electron chi connectivity index (χ4n) is 3.10. The van der Waals surface area contributed by atoms with Crippen molar-refractivity contribution in [3.8, 4) is 28.5 Å². The van der Waals surface area contributed by atoms with Gasteiger partial charge in [-0.15, -0.1) is 0 Å². The molecule has 4 rings (SSSR count). The number of ether oxygens (including phenoxy) is 2. The van der Waals surface area contributed by atoms with Crippen LogP contribution in [0.3, 0.4) is 0 Å². The summed E-state index contributed by atoms with van der Waals surface area (Å²) in [5, 5.41) is 6.85. The summed E-state index contributed by atoms with van der Waals surface area (Å²) in [6.07, 6.45) is 0. The lowest BCUT2D eigenvalue weighted by Gasteiger charge is -2.10. The standard InChI is InChI=1S/C25H20FN3O4/c1-32-20-11-12-21(22(26)15-20)23-13-14-25(31)29(28-23)16-24(30)27-17-7-9-19(10-8-17)33-18-5-3-2-4-6-18/h2-15H,16H2,1H3,(H,27,30). The molecule has 0 aliphatic heterocycles. The van der Waals surface area contributed by atoms with E-state index < -0.39 is 17.3 Å². The van der Waals surface area contributed by atoms with Gasteiger partial charge in [0.1, 0.15) is 29.6 Å². The van der Waals surface area contributed by atoms with Gasteiger partial charge in [0, 0.05) is 23.4 Å². The molecule has 7 nitrogen and oxygen atoms in total. The van der Waals surface area contributed by atoms with E-state index in [4.69, 9.17) is 9.47 Å². The SMILES string of the molecule is COc1ccc(-c2ccc(=O)n(CC(=O)Nc3ccc(Oc4ccccc4)cc3)n2)c(F)c1. The van der Waals surface area contributed by atoms with Gasteiger partial charge in [-0.2, -0.15) is 5.10 Å². The van der Waals surface area contributed by atoms with Crippen molar-refractivity contribution >= 4 is 11.6 Å². The number of aromatic nitrogens is 2. The van der Waals surface area contributed by atoms with E-state index in [1.54, 1.807) is 30.3 Å². The van der Waals surface area contributed by atoms with Gasteiger partial charge in [-0.25, -0.2) is 9.07 Å². The minimum atomic E-state index is -0.547. The van der Waals surface area contributed by atoms with E-state index in [0.29, 0.717) is 22.9 Å². The highest BCUT2D eigenvalue weighted by Gasteiger charge is 2.12. The molecule has 0 aliphatic carbocycles. The number of amides is 1. The number of rotatable bonds is 7. The van der Waals surface area contributed by atoms with Gasteiger partial charge in [0.25, 0.3) is 5.56 Å². The second-order valence-corrected chi connectivity index (χ2v) is 7.05. The van der Waals surface area contributed by atoms with Crippen molar-refractivity contribution in [3.63, 3.8) is 0 Å². The molecule has 0 spiro atoms. The molecule has 0 fully saturated rings. The minimum Gasteiger partial charge on any atom is -0.497 e. The lowest BCUT2D eigenvalue weighted by Crippen LogP contribution is -2.29. The molecular weight excluding hydrogens is 425 g/mol. The molecule has 33 heavy (non-hydrogen) atoms. The Balaban J connectivity index is 1.44. The van der Waals surface area contributed by atoms with Crippen molar-refractivity contribution in [2.24, 2.45) is 0 Å². The molecule has 3 aromatic carbocycles. The number of halogens is 1. The Morgan fingerprint density at radius 2 is 1.64 bits per heavy atom. The lowest BCUT2D eigenvalue weighted by atomic mass is 10.1. The Kier molecular flexibility index (Phi) is 6.45. The van der Waals surface area contributed by atoms with Crippen LogP contribution in [0, 0.1) is 5.82 Å². The number of benzene rings is 3. The second kappa shape index (κ2) is 9.78. The molecule has 0 radical (unpaired) electrons. The van der Waals surface area contributed by atoms with Gasteiger partial charge in [-0.1, -0.05) is 18.2 Å². The van der Waals surface area contributed by atoms with Crippen LogP contribution in [0.1, 0.15) is 0 Å². The number of nitrogens with one attached hydrogen (secondary N) is 1. The number of carbonyl (C=O) groups is 1. The van der Waals surface area contributed by atoms with Gasteiger partial charge in [-0.3, -0.25) is 9.59 Å². The summed E-state index contributed by atoms with van der Waals surface area (Å²) >= 11 is 0. The van der Waals surface area contributed by atoms with Gasteiger partial charge in [0.15, 0.2) is 0 Å². The number of hydrogen-bond donors (Lipinski definition) is 1. The Hall–Kier alpha value is -4.46. The van der Waals surface area contributed by atoms with Crippen LogP contribution in [-0.4, -0.2) is 22.8 Å². The summed E-state index contributed by atoms with van der Waals surface area (Å²) in [6, 6.07) is 23.1. The van der Waals surface area contributed by atoms with Gasteiger partial charge in [0.05, 0.1) is 12.8 Å². The van der Waals surface area contributed by atoms with Crippen LogP contribution in [0.2, 0.25) is 0 Å². The molecular formula is C25H20FN3O4. The highest BCUT2D eigenvalue weighted by molar-refractivity contribution is 5.90. The summed E-state index contributed by atoms with van der Waals surface area (Å²) in [5.74, 6) is 0.686. The summed E-state index contributed by atoms with van der Waals surface area (Å²) in [5.41, 5.74) is 0.476. The molecule has 0 saturated carbocycles. The highest BCUT2D eigenvalue weighted by Crippen LogP contribution is 2.24. The third-order valence-corrected chi connectivity index (χ3v) is 4.73. The van der Waals surface area contributed by atoms with E-state index in [0.717, 1.165) is 4.68 Å². The monoisotopic (exact) mass is 445 g/mol. The maximum Gasteiger partial charge on any atom is 0.267 e. The van der Waals surface area contributed by atoms with E-state index in [9.17, 15) is 14.0 Å². The zero-order chi connectivity index (χ0) is 23.2. The topological polar surface area (TPSA) is 82.5 Å². The van der Waals surface area contributed by atoms with Gasteiger partial charge >= 0.3 is 0 Å². The molecule has 1 aromatic heterocycles. The Morgan fingerprint density at radius 3 is 2.33 bits per heavy atom. The molecule has 0 aliphatic rings. The first-order chi connectivity index (χ1) is 16.0. The number of hydrogen-bond acceptors (Lipinski definition) is 5. The third kappa shape index (κ3) is 5.43. The van der Waals surface area contributed by atoms with Crippen molar-refractivity contribution in [1.29, 1.82) is 0 Å². The summed E-state index contributed by atoms with van der Waals surface area (Å²) in [6.45, 7) is -0.327. The van der Waals surface area contributed by atoms with E-state index in [2.05, 4.69) is 10.4 Å². The molecule has 0 atom stereocenters. The molecule has 1 heterocycles. The number of nitrogens with zero attached hydrogens (tertiary/aromatic N) is 2. The number of para-hydroxylation sites is 1. The van der Waals surface area contributed by atoms with Crippen LogP contribution in [0.25, 0.3) is 11.3 Å². The van der Waals surface area contributed by atoms with Crippen molar-refractivity contribution in [1.82, 2.24) is 9.78 Å². The lowest BCUT2D eigenvalue weighted by molar-refractivity contribution is -0.117. The van der Waals surface area contributed by atoms with Gasteiger partial charge in [-0.05, 0) is 54.6 Å². The predicted molar refractivity (Wildman–Crippen MR) is 122 cm³/mol. The number of carbonyl (C=O) groups excluding carboxylic acids is 1. The third-order valence-electron chi connectivity index (χ3n) is 4.73. The van der Waals surface area contributed by atoms with Crippen LogP contribution in [-0.2, 0) is 11.3 Å². The van der Waals surface area contributed by atoms with Crippen LogP contribution < -0.4 is 20.3 Å². The second-order valence-electron chi connectivity index (χ2n) is 7.05. The van der Waals surface area contributed by atoms with Crippen LogP contribution in [0.5, 0.6) is 17.2 Å². The van der Waals surface area contributed by atoms with E-state index in [-0.39, 0.29) is 17.8 Å². The molecule has 166 valence electrons. The zero-order valence-corrected chi connectivity index (χ0v) is 17.7. The average Bonchev–Trinajstić information content (AvgIpc) is 2.82. The predicted octanol–water partition coefficient (Wildman–Crippen LogP) is 4.49. The van der Waals surface area contributed by atoms with E-state index in [1.807, 2.05) is 30.3 Å². The van der Waals surface area contributed by atoms with E-state index >= 15 is 0 Å². The normalized spacial score (nSPS) is 10.5. The maximum atomic E-state index is 14.4. The molecule has 1 amide bonds. The Bertz CT molecular complexity index is 1320. The highest BCUT2D eigenvalue weighted by atomic mass is 19.1. The molecule has 0 saturated heterocycles. The first-order valence-corrected chi connectivity index (χ1v) is 10.1. The minimum absolute atomic E-state index is 0.193. The Morgan fingerprint density at radius 1 is 0.939 bits per heavy atom. The van der Waals surface area contributed by atoms with Crippen LogP contribution >= 0.6 is 0 Å². The first kappa shape index (κ1) is 21.8. The summed E-state index contributed by atoms with van der Waals surface area (Å²) < 4.78 is 26.1. The average molecular weight is 445 g/mol. The Labute approximate surface area is 189 Å². The summed E-state index contributed by atoms with van der Waals surface area (Å²) in [7, 11) is 1.44. The quantitative estimate of drug-likeness (QED) is 0.453. The number of methoxy groups -OCH3 is 1. The van der Waals surface area contributed by atoms with Crippen LogP contribution in [0.4, 0.5) is 10.1 Å². The largest absolute Gasteiger partial charge is 0.497 e. The fourth-order valence-corrected chi connectivity index (χ4v) is 3.10. The molecule has 8 heteroatoms. The fraction of sp³-hybridized carbons (Fsp3) is 0.0800. The zero-order valence-electron chi connectivity index (χ0n) is 17.7. The summed E-state index contributed by atoms with van der Waals surface area (Å²) in [4.78, 5) is 24.7. The maximum absolute atomic E-state index is 14.4. The molecule has 4 aromatic rings. The molecule has 1 N–H and O–H groups in total. The number of anilines is 1. The molecule has 0 bridgehead atoms. The van der Waals surface area contributed by atoms with Crippen LogP contribution in [0.15, 0.2) is 89.7 Å². The smallest absolute Gasteiger partial charge is 0.267 e.